The molecule has 0 saturated carbocycles. The molecule has 0 aliphatic carbocycles. The molecule has 1 aromatic rings. The number of hydrogen-bond acceptors (Lipinski definition) is 3. The lowest BCUT2D eigenvalue weighted by molar-refractivity contribution is -0.144. The molecule has 1 aliphatic heterocycles. The molecule has 1 N–H and O–H groups in total. The van der Waals surface area contributed by atoms with Gasteiger partial charge in [-0.2, -0.15) is 0 Å². The van der Waals surface area contributed by atoms with E-state index in [9.17, 15) is 9.90 Å². The molecule has 1 aliphatic rings. The normalized spacial score (nSPS) is 19.8. The Labute approximate surface area is 128 Å². The van der Waals surface area contributed by atoms with Gasteiger partial charge in [-0.05, 0) is 37.6 Å². The first-order chi connectivity index (χ1) is 9.58. The Morgan fingerprint density at radius 2 is 2.20 bits per heavy atom. The first-order valence-electron chi connectivity index (χ1n) is 6.62. The molecule has 1 aromatic carbocycles. The van der Waals surface area contributed by atoms with E-state index < -0.39 is 12.0 Å². The summed E-state index contributed by atoms with van der Waals surface area (Å²) >= 11 is 11.8. The number of rotatable bonds is 5. The molecular formula is C14H17Cl2NO3. The van der Waals surface area contributed by atoms with Gasteiger partial charge in [-0.25, -0.2) is 0 Å². The summed E-state index contributed by atoms with van der Waals surface area (Å²) in [7, 11) is 0. The first kappa shape index (κ1) is 15.4. The summed E-state index contributed by atoms with van der Waals surface area (Å²) in [5.74, 6) is -0.186. The predicted octanol–water partition coefficient (Wildman–Crippen LogP) is 3.31. The van der Waals surface area contributed by atoms with E-state index in [0.717, 1.165) is 19.4 Å². The molecule has 0 radical (unpaired) electrons. The average Bonchev–Trinajstić information content (AvgIpc) is 2.41. The van der Waals surface area contributed by atoms with Crippen LogP contribution in [0.25, 0.3) is 0 Å². The summed E-state index contributed by atoms with van der Waals surface area (Å²) in [5, 5.41) is 10.2. The van der Waals surface area contributed by atoms with Crippen LogP contribution in [0.5, 0.6) is 5.75 Å². The van der Waals surface area contributed by atoms with Crippen molar-refractivity contribution in [2.45, 2.75) is 25.3 Å². The van der Waals surface area contributed by atoms with Crippen LogP contribution in [0.1, 0.15) is 19.3 Å². The molecule has 0 spiro atoms. The molecule has 1 unspecified atom stereocenters. The van der Waals surface area contributed by atoms with Crippen molar-refractivity contribution in [2.24, 2.45) is 0 Å². The first-order valence-corrected chi connectivity index (χ1v) is 7.38. The van der Waals surface area contributed by atoms with Crippen LogP contribution >= 0.6 is 23.2 Å². The SMILES string of the molecule is O=C(O)C1CCCCN1CCOc1ccc(Cl)cc1Cl. The molecule has 6 heteroatoms. The second-order valence-corrected chi connectivity index (χ2v) is 5.65. The van der Waals surface area contributed by atoms with Gasteiger partial charge in [0.1, 0.15) is 18.4 Å². The minimum atomic E-state index is -0.755. The third-order valence-electron chi connectivity index (χ3n) is 3.43. The lowest BCUT2D eigenvalue weighted by Gasteiger charge is -2.32. The second-order valence-electron chi connectivity index (χ2n) is 4.81. The van der Waals surface area contributed by atoms with Crippen LogP contribution in [0.3, 0.4) is 0 Å². The van der Waals surface area contributed by atoms with E-state index in [1.807, 2.05) is 4.90 Å². The number of benzene rings is 1. The average molecular weight is 318 g/mol. The van der Waals surface area contributed by atoms with Crippen LogP contribution in [0.4, 0.5) is 0 Å². The van der Waals surface area contributed by atoms with Gasteiger partial charge in [0.2, 0.25) is 0 Å². The fourth-order valence-corrected chi connectivity index (χ4v) is 2.87. The zero-order valence-corrected chi connectivity index (χ0v) is 12.5. The second kappa shape index (κ2) is 7.16. The molecule has 4 nitrogen and oxygen atoms in total. The summed E-state index contributed by atoms with van der Waals surface area (Å²) in [6.07, 6.45) is 2.71. The molecule has 1 atom stereocenters. The van der Waals surface area contributed by atoms with E-state index in [2.05, 4.69) is 0 Å². The van der Waals surface area contributed by atoms with Crippen molar-refractivity contribution in [2.75, 3.05) is 19.7 Å². The van der Waals surface area contributed by atoms with Crippen molar-refractivity contribution >= 4 is 29.2 Å². The fraction of sp³-hybridized carbons (Fsp3) is 0.500. The maximum atomic E-state index is 11.2. The molecule has 1 fully saturated rings. The lowest BCUT2D eigenvalue weighted by atomic mass is 10.0. The molecule has 0 aromatic heterocycles. The van der Waals surface area contributed by atoms with Crippen LogP contribution in [-0.2, 0) is 4.79 Å². The van der Waals surface area contributed by atoms with Crippen molar-refractivity contribution in [1.29, 1.82) is 0 Å². The molecular weight excluding hydrogens is 301 g/mol. The Morgan fingerprint density at radius 3 is 2.90 bits per heavy atom. The highest BCUT2D eigenvalue weighted by Crippen LogP contribution is 2.27. The van der Waals surface area contributed by atoms with Crippen LogP contribution in [0.15, 0.2) is 18.2 Å². The zero-order valence-electron chi connectivity index (χ0n) is 11.0. The van der Waals surface area contributed by atoms with E-state index in [1.54, 1.807) is 18.2 Å². The topological polar surface area (TPSA) is 49.8 Å². The van der Waals surface area contributed by atoms with Gasteiger partial charge >= 0.3 is 5.97 Å². The van der Waals surface area contributed by atoms with Crippen molar-refractivity contribution in [3.63, 3.8) is 0 Å². The molecule has 1 saturated heterocycles. The Morgan fingerprint density at radius 1 is 1.40 bits per heavy atom. The van der Waals surface area contributed by atoms with Crippen molar-refractivity contribution < 1.29 is 14.6 Å². The van der Waals surface area contributed by atoms with Gasteiger partial charge in [0.25, 0.3) is 0 Å². The number of hydrogen-bond donors (Lipinski definition) is 1. The van der Waals surface area contributed by atoms with Gasteiger partial charge in [-0.3, -0.25) is 9.69 Å². The quantitative estimate of drug-likeness (QED) is 0.905. The van der Waals surface area contributed by atoms with Crippen molar-refractivity contribution in [3.8, 4) is 5.75 Å². The Hall–Kier alpha value is -0.970. The van der Waals surface area contributed by atoms with Crippen LogP contribution in [0, 0.1) is 0 Å². The van der Waals surface area contributed by atoms with E-state index in [0.29, 0.717) is 35.4 Å². The lowest BCUT2D eigenvalue weighted by Crippen LogP contribution is -2.46. The van der Waals surface area contributed by atoms with Crippen molar-refractivity contribution in [3.05, 3.63) is 28.2 Å². The summed E-state index contributed by atoms with van der Waals surface area (Å²) in [4.78, 5) is 13.1. The van der Waals surface area contributed by atoms with Crippen LogP contribution in [0.2, 0.25) is 10.0 Å². The van der Waals surface area contributed by atoms with Gasteiger partial charge in [0.05, 0.1) is 5.02 Å². The van der Waals surface area contributed by atoms with E-state index in [4.69, 9.17) is 27.9 Å². The number of ether oxygens (including phenoxy) is 1. The Kier molecular flexibility index (Phi) is 5.52. The van der Waals surface area contributed by atoms with Crippen LogP contribution in [-0.4, -0.2) is 41.7 Å². The molecule has 1 heterocycles. The molecule has 110 valence electrons. The fourth-order valence-electron chi connectivity index (χ4n) is 2.40. The number of nitrogens with zero attached hydrogens (tertiary/aromatic N) is 1. The van der Waals surface area contributed by atoms with Gasteiger partial charge in [-0.15, -0.1) is 0 Å². The summed E-state index contributed by atoms with van der Waals surface area (Å²) in [6, 6.07) is 4.66. The Balaban J connectivity index is 1.86. The largest absolute Gasteiger partial charge is 0.491 e. The summed E-state index contributed by atoms with van der Waals surface area (Å²) < 4.78 is 5.60. The zero-order chi connectivity index (χ0) is 14.5. The van der Waals surface area contributed by atoms with E-state index >= 15 is 0 Å². The smallest absolute Gasteiger partial charge is 0.320 e. The number of halogens is 2. The number of carboxylic acids is 1. The Bertz CT molecular complexity index is 481. The van der Waals surface area contributed by atoms with Crippen LogP contribution < -0.4 is 4.74 Å². The number of piperidine rings is 1. The van der Waals surface area contributed by atoms with Crippen molar-refractivity contribution in [1.82, 2.24) is 4.90 Å². The number of carboxylic acid groups (broad SMARTS) is 1. The number of aliphatic carboxylic acids is 1. The highest BCUT2D eigenvalue weighted by Gasteiger charge is 2.27. The minimum Gasteiger partial charge on any atom is -0.491 e. The molecule has 0 amide bonds. The minimum absolute atomic E-state index is 0.395. The maximum absolute atomic E-state index is 11.2. The molecule has 20 heavy (non-hydrogen) atoms. The van der Waals surface area contributed by atoms with Gasteiger partial charge in [-0.1, -0.05) is 29.6 Å². The summed E-state index contributed by atoms with van der Waals surface area (Å²) in [6.45, 7) is 1.79. The van der Waals surface area contributed by atoms with Gasteiger partial charge < -0.3 is 9.84 Å². The third kappa shape index (κ3) is 4.01. The van der Waals surface area contributed by atoms with E-state index in [1.165, 1.54) is 0 Å². The highest BCUT2D eigenvalue weighted by molar-refractivity contribution is 6.35. The molecule has 0 bridgehead atoms. The number of likely N-dealkylation sites (tertiary alicyclic amines) is 1. The van der Waals surface area contributed by atoms with Gasteiger partial charge in [0.15, 0.2) is 0 Å². The van der Waals surface area contributed by atoms with E-state index in [-0.39, 0.29) is 0 Å². The highest BCUT2D eigenvalue weighted by atomic mass is 35.5. The monoisotopic (exact) mass is 317 g/mol. The van der Waals surface area contributed by atoms with Gasteiger partial charge in [0, 0.05) is 11.6 Å². The maximum Gasteiger partial charge on any atom is 0.320 e. The standard InChI is InChI=1S/C14H17Cl2NO3/c15-10-4-5-13(11(16)9-10)20-8-7-17-6-2-1-3-12(17)14(18)19/h4-5,9,12H,1-3,6-8H2,(H,18,19). The molecule has 2 rings (SSSR count). The summed E-state index contributed by atoms with van der Waals surface area (Å²) in [5.41, 5.74) is 0. The third-order valence-corrected chi connectivity index (χ3v) is 3.96. The number of carbonyl (C=O) groups is 1. The predicted molar refractivity (Wildman–Crippen MR) is 78.8 cm³/mol.